The highest BCUT2D eigenvalue weighted by molar-refractivity contribution is 5.93. The van der Waals surface area contributed by atoms with Gasteiger partial charge in [0.1, 0.15) is 11.9 Å². The largest absolute Gasteiger partial charge is 0.489 e. The van der Waals surface area contributed by atoms with E-state index in [1.54, 1.807) is 0 Å². The van der Waals surface area contributed by atoms with Crippen LogP contribution in [0.4, 0.5) is 5.69 Å². The smallest absolute Gasteiger partial charge is 0.224 e. The third-order valence-corrected chi connectivity index (χ3v) is 3.76. The molecule has 4 nitrogen and oxygen atoms in total. The molecule has 1 aliphatic rings. The van der Waals surface area contributed by atoms with E-state index in [4.69, 9.17) is 10.5 Å². The van der Waals surface area contributed by atoms with E-state index >= 15 is 0 Å². The van der Waals surface area contributed by atoms with Gasteiger partial charge in [-0.1, -0.05) is 20.3 Å². The number of nitrogens with one attached hydrogen (secondary N) is 1. The Morgan fingerprint density at radius 3 is 2.85 bits per heavy atom. The van der Waals surface area contributed by atoms with Crippen LogP contribution in [0.15, 0.2) is 18.2 Å². The number of aryl methyl sites for hydroxylation is 1. The Morgan fingerprint density at radius 2 is 2.15 bits per heavy atom. The van der Waals surface area contributed by atoms with E-state index in [1.165, 1.54) is 0 Å². The van der Waals surface area contributed by atoms with Crippen LogP contribution in [0.25, 0.3) is 0 Å². The van der Waals surface area contributed by atoms with Gasteiger partial charge in [-0.05, 0) is 43.0 Å². The number of carbonyl (C=O) groups is 1. The van der Waals surface area contributed by atoms with Crippen LogP contribution in [0.1, 0.15) is 45.1 Å². The molecule has 0 bridgehead atoms. The lowest BCUT2D eigenvalue weighted by molar-refractivity contribution is -0.116. The second kappa shape index (κ2) is 6.75. The summed E-state index contributed by atoms with van der Waals surface area (Å²) in [6.45, 7) is 4.23. The number of ether oxygens (including phenoxy) is 1. The Morgan fingerprint density at radius 1 is 1.35 bits per heavy atom. The fourth-order valence-corrected chi connectivity index (χ4v) is 2.60. The fourth-order valence-electron chi connectivity index (χ4n) is 2.60. The minimum Gasteiger partial charge on any atom is -0.489 e. The molecule has 1 heterocycles. The number of hydrogen-bond acceptors (Lipinski definition) is 3. The molecule has 1 aromatic rings. The molecule has 2 rings (SSSR count). The zero-order valence-electron chi connectivity index (χ0n) is 12.3. The van der Waals surface area contributed by atoms with Gasteiger partial charge >= 0.3 is 0 Å². The standard InChI is InChI=1S/C16H24N2O2/c1-3-5-13(17)15(4-2)20-12-7-8-14-11(10-12)6-9-16(19)18-14/h7-8,10,13,15H,3-6,9,17H2,1-2H3,(H,18,19). The molecular formula is C16H24N2O2. The van der Waals surface area contributed by atoms with Crippen molar-refractivity contribution in [2.45, 2.75) is 58.1 Å². The molecule has 0 saturated heterocycles. The minimum atomic E-state index is 0.0474. The molecule has 20 heavy (non-hydrogen) atoms. The van der Waals surface area contributed by atoms with Gasteiger partial charge in [-0.15, -0.1) is 0 Å². The number of nitrogens with two attached hydrogens (primary N) is 1. The first-order valence-corrected chi connectivity index (χ1v) is 7.49. The summed E-state index contributed by atoms with van der Waals surface area (Å²) in [7, 11) is 0. The molecule has 2 atom stereocenters. The highest BCUT2D eigenvalue weighted by Crippen LogP contribution is 2.28. The predicted molar refractivity (Wildman–Crippen MR) is 81.0 cm³/mol. The van der Waals surface area contributed by atoms with E-state index in [2.05, 4.69) is 19.2 Å². The predicted octanol–water partition coefficient (Wildman–Crippen LogP) is 2.86. The van der Waals surface area contributed by atoms with Crippen molar-refractivity contribution < 1.29 is 9.53 Å². The van der Waals surface area contributed by atoms with Crippen molar-refractivity contribution in [2.24, 2.45) is 5.73 Å². The van der Waals surface area contributed by atoms with Crippen LogP contribution in [0.5, 0.6) is 5.75 Å². The van der Waals surface area contributed by atoms with E-state index in [0.717, 1.165) is 42.7 Å². The van der Waals surface area contributed by atoms with Crippen molar-refractivity contribution in [1.29, 1.82) is 0 Å². The van der Waals surface area contributed by atoms with Crippen LogP contribution in [-0.4, -0.2) is 18.1 Å². The number of hydrogen-bond donors (Lipinski definition) is 2. The number of amides is 1. The molecule has 1 aliphatic heterocycles. The summed E-state index contributed by atoms with van der Waals surface area (Å²) in [4.78, 5) is 11.3. The monoisotopic (exact) mass is 276 g/mol. The van der Waals surface area contributed by atoms with Crippen LogP contribution in [-0.2, 0) is 11.2 Å². The molecule has 2 unspecified atom stereocenters. The van der Waals surface area contributed by atoms with Crippen LogP contribution in [0, 0.1) is 0 Å². The maximum absolute atomic E-state index is 11.3. The highest BCUT2D eigenvalue weighted by atomic mass is 16.5. The molecule has 3 N–H and O–H groups in total. The zero-order chi connectivity index (χ0) is 14.5. The summed E-state index contributed by atoms with van der Waals surface area (Å²) in [6, 6.07) is 5.92. The van der Waals surface area contributed by atoms with Gasteiger partial charge in [-0.25, -0.2) is 0 Å². The highest BCUT2D eigenvalue weighted by Gasteiger charge is 2.19. The Kier molecular flexibility index (Phi) is 5.01. The Hall–Kier alpha value is -1.55. The summed E-state index contributed by atoms with van der Waals surface area (Å²) >= 11 is 0. The lowest BCUT2D eigenvalue weighted by atomic mass is 10.0. The average molecular weight is 276 g/mol. The molecule has 4 heteroatoms. The summed E-state index contributed by atoms with van der Waals surface area (Å²) in [6.07, 6.45) is 4.30. The number of anilines is 1. The van der Waals surface area contributed by atoms with Gasteiger partial charge in [0.25, 0.3) is 0 Å². The van der Waals surface area contributed by atoms with Gasteiger partial charge < -0.3 is 15.8 Å². The number of carbonyl (C=O) groups excluding carboxylic acids is 1. The molecule has 0 radical (unpaired) electrons. The SMILES string of the molecule is CCCC(N)C(CC)Oc1ccc2c(c1)CCC(=O)N2. The molecular weight excluding hydrogens is 252 g/mol. The maximum Gasteiger partial charge on any atom is 0.224 e. The van der Waals surface area contributed by atoms with Crippen molar-refractivity contribution in [3.05, 3.63) is 23.8 Å². The molecule has 0 spiro atoms. The molecule has 0 aromatic heterocycles. The first-order chi connectivity index (χ1) is 9.63. The van der Waals surface area contributed by atoms with E-state index < -0.39 is 0 Å². The van der Waals surface area contributed by atoms with Crippen molar-refractivity contribution in [3.63, 3.8) is 0 Å². The zero-order valence-corrected chi connectivity index (χ0v) is 12.3. The van der Waals surface area contributed by atoms with Gasteiger partial charge in [0.2, 0.25) is 5.91 Å². The molecule has 0 fully saturated rings. The first-order valence-electron chi connectivity index (χ1n) is 7.49. The fraction of sp³-hybridized carbons (Fsp3) is 0.562. The van der Waals surface area contributed by atoms with E-state index in [1.807, 2.05) is 18.2 Å². The Balaban J connectivity index is 2.07. The van der Waals surface area contributed by atoms with Gasteiger partial charge in [0.15, 0.2) is 0 Å². The van der Waals surface area contributed by atoms with Crippen molar-refractivity contribution in [2.75, 3.05) is 5.32 Å². The molecule has 110 valence electrons. The molecule has 0 saturated carbocycles. The maximum atomic E-state index is 11.3. The second-order valence-corrected chi connectivity index (χ2v) is 5.38. The normalized spacial score (nSPS) is 17.1. The van der Waals surface area contributed by atoms with Crippen molar-refractivity contribution in [1.82, 2.24) is 0 Å². The lowest BCUT2D eigenvalue weighted by Crippen LogP contribution is -2.38. The van der Waals surface area contributed by atoms with Gasteiger partial charge in [0, 0.05) is 18.2 Å². The number of fused-ring (bicyclic) bond motifs is 1. The summed E-state index contributed by atoms with van der Waals surface area (Å²) in [5.41, 5.74) is 8.20. The molecule has 1 aromatic carbocycles. The quantitative estimate of drug-likeness (QED) is 0.839. The third-order valence-electron chi connectivity index (χ3n) is 3.76. The van der Waals surface area contributed by atoms with Gasteiger partial charge in [-0.3, -0.25) is 4.79 Å². The van der Waals surface area contributed by atoms with Crippen molar-refractivity contribution >= 4 is 11.6 Å². The first kappa shape index (κ1) is 14.9. The van der Waals surface area contributed by atoms with Crippen LogP contribution < -0.4 is 15.8 Å². The minimum absolute atomic E-state index is 0.0474. The van der Waals surface area contributed by atoms with Crippen LogP contribution >= 0.6 is 0 Å². The van der Waals surface area contributed by atoms with Crippen molar-refractivity contribution in [3.8, 4) is 5.75 Å². The number of rotatable bonds is 6. The van der Waals surface area contributed by atoms with Gasteiger partial charge in [-0.2, -0.15) is 0 Å². The van der Waals surface area contributed by atoms with E-state index in [-0.39, 0.29) is 18.1 Å². The summed E-state index contributed by atoms with van der Waals surface area (Å²) in [5, 5.41) is 2.88. The summed E-state index contributed by atoms with van der Waals surface area (Å²) < 4.78 is 6.03. The lowest BCUT2D eigenvalue weighted by Gasteiger charge is -2.25. The average Bonchev–Trinajstić information content (AvgIpc) is 2.45. The molecule has 0 aliphatic carbocycles. The van der Waals surface area contributed by atoms with E-state index in [9.17, 15) is 4.79 Å². The van der Waals surface area contributed by atoms with Crippen LogP contribution in [0.3, 0.4) is 0 Å². The van der Waals surface area contributed by atoms with Gasteiger partial charge in [0.05, 0.1) is 0 Å². The summed E-state index contributed by atoms with van der Waals surface area (Å²) in [5.74, 6) is 0.931. The van der Waals surface area contributed by atoms with Crippen LogP contribution in [0.2, 0.25) is 0 Å². The Labute approximate surface area is 120 Å². The number of benzene rings is 1. The molecule has 1 amide bonds. The van der Waals surface area contributed by atoms with E-state index in [0.29, 0.717) is 6.42 Å². The Bertz CT molecular complexity index is 474. The second-order valence-electron chi connectivity index (χ2n) is 5.38. The topological polar surface area (TPSA) is 64.3 Å². The third kappa shape index (κ3) is 3.51.